The summed E-state index contributed by atoms with van der Waals surface area (Å²) in [6, 6.07) is 6.46. The zero-order valence-corrected chi connectivity index (χ0v) is 10.4. The molecule has 82 valence electrons. The maximum absolute atomic E-state index is 9.44. The fraction of sp³-hybridized carbons (Fsp3) is 0.538. The molecular formula is C13H18OS. The van der Waals surface area contributed by atoms with E-state index in [1.807, 2.05) is 11.8 Å². The quantitative estimate of drug-likeness (QED) is 0.830. The Morgan fingerprint density at radius 1 is 1.47 bits per heavy atom. The molecule has 0 saturated carbocycles. The molecule has 0 saturated heterocycles. The first-order valence-electron chi connectivity index (χ1n) is 5.44. The third-order valence-electron chi connectivity index (χ3n) is 3.08. The number of benzene rings is 1. The predicted octanol–water partition coefficient (Wildman–Crippen LogP) is 2.99. The zero-order chi connectivity index (χ0) is 11.1. The lowest BCUT2D eigenvalue weighted by Gasteiger charge is -2.25. The number of thioether (sulfide) groups is 1. The molecule has 2 rings (SSSR count). The van der Waals surface area contributed by atoms with Crippen LogP contribution in [0.15, 0.2) is 23.1 Å². The van der Waals surface area contributed by atoms with Crippen molar-refractivity contribution in [2.24, 2.45) is 0 Å². The van der Waals surface area contributed by atoms with Crippen molar-refractivity contribution in [1.82, 2.24) is 0 Å². The van der Waals surface area contributed by atoms with E-state index in [-0.39, 0.29) is 12.0 Å². The molecule has 0 radical (unpaired) electrons. The van der Waals surface area contributed by atoms with Crippen LogP contribution in [0.1, 0.15) is 31.9 Å². The molecule has 0 fully saturated rings. The van der Waals surface area contributed by atoms with Gasteiger partial charge in [-0.05, 0) is 23.6 Å². The third-order valence-corrected chi connectivity index (χ3v) is 4.28. The third kappa shape index (κ3) is 1.93. The molecule has 0 aliphatic carbocycles. The van der Waals surface area contributed by atoms with Crippen molar-refractivity contribution in [2.75, 3.05) is 6.61 Å². The molecule has 1 atom stereocenters. The van der Waals surface area contributed by atoms with Crippen LogP contribution >= 0.6 is 11.8 Å². The fourth-order valence-electron chi connectivity index (χ4n) is 2.15. The average Bonchev–Trinajstić information content (AvgIpc) is 2.57. The first kappa shape index (κ1) is 11.0. The number of fused-ring (bicyclic) bond motifs is 1. The summed E-state index contributed by atoms with van der Waals surface area (Å²) in [7, 11) is 0. The van der Waals surface area contributed by atoms with Gasteiger partial charge in [0, 0.05) is 15.6 Å². The fourth-order valence-corrected chi connectivity index (χ4v) is 3.33. The van der Waals surface area contributed by atoms with Gasteiger partial charge >= 0.3 is 0 Å². The molecule has 0 aromatic heterocycles. The molecule has 1 aromatic rings. The van der Waals surface area contributed by atoms with Gasteiger partial charge in [-0.1, -0.05) is 32.9 Å². The van der Waals surface area contributed by atoms with E-state index in [0.717, 1.165) is 6.42 Å². The Balaban J connectivity index is 2.47. The highest BCUT2D eigenvalue weighted by Crippen LogP contribution is 2.41. The Bertz CT molecular complexity index is 371. The smallest absolute Gasteiger partial charge is 0.0522 e. The molecule has 1 N–H and O–H groups in total. The van der Waals surface area contributed by atoms with E-state index in [1.54, 1.807) is 0 Å². The summed E-state index contributed by atoms with van der Waals surface area (Å²) in [4.78, 5) is 1.40. The minimum absolute atomic E-state index is 0.115. The lowest BCUT2D eigenvalue weighted by atomic mass is 9.81. The van der Waals surface area contributed by atoms with E-state index in [9.17, 15) is 5.11 Å². The summed E-state index contributed by atoms with van der Waals surface area (Å²) in [5, 5.41) is 10.1. The largest absolute Gasteiger partial charge is 0.395 e. The van der Waals surface area contributed by atoms with E-state index in [1.165, 1.54) is 16.0 Å². The number of hydrogen-bond donors (Lipinski definition) is 1. The van der Waals surface area contributed by atoms with E-state index in [4.69, 9.17) is 0 Å². The topological polar surface area (TPSA) is 20.2 Å². The van der Waals surface area contributed by atoms with Crippen molar-refractivity contribution in [3.8, 4) is 0 Å². The van der Waals surface area contributed by atoms with Crippen molar-refractivity contribution >= 4 is 11.8 Å². The Morgan fingerprint density at radius 3 is 2.87 bits per heavy atom. The summed E-state index contributed by atoms with van der Waals surface area (Å²) in [6.07, 6.45) is 1.14. The summed E-state index contributed by atoms with van der Waals surface area (Å²) in [5.41, 5.74) is 2.66. The number of aliphatic hydroxyl groups excluding tert-OH is 1. The van der Waals surface area contributed by atoms with E-state index < -0.39 is 0 Å². The summed E-state index contributed by atoms with van der Waals surface area (Å²) in [6.45, 7) is 6.69. The highest BCUT2D eigenvalue weighted by Gasteiger charge is 2.28. The molecule has 0 bridgehead atoms. The van der Waals surface area contributed by atoms with Gasteiger partial charge in [-0.2, -0.15) is 0 Å². The Hall–Kier alpha value is -0.470. The van der Waals surface area contributed by atoms with Crippen LogP contribution < -0.4 is 0 Å². The Labute approximate surface area is 95.9 Å². The van der Waals surface area contributed by atoms with Crippen molar-refractivity contribution in [1.29, 1.82) is 0 Å². The van der Waals surface area contributed by atoms with Crippen LogP contribution in [-0.4, -0.2) is 17.0 Å². The summed E-state index contributed by atoms with van der Waals surface area (Å²) >= 11 is 1.95. The molecule has 0 spiro atoms. The maximum Gasteiger partial charge on any atom is 0.0522 e. The van der Waals surface area contributed by atoms with Gasteiger partial charge in [-0.3, -0.25) is 0 Å². The number of rotatable bonds is 2. The summed E-state index contributed by atoms with van der Waals surface area (Å²) < 4.78 is 0. The summed E-state index contributed by atoms with van der Waals surface area (Å²) in [5.74, 6) is 0. The Morgan fingerprint density at radius 2 is 2.20 bits per heavy atom. The van der Waals surface area contributed by atoms with Gasteiger partial charge in [0.2, 0.25) is 0 Å². The van der Waals surface area contributed by atoms with Crippen LogP contribution in [-0.2, 0) is 11.8 Å². The van der Waals surface area contributed by atoms with Gasteiger partial charge in [0.1, 0.15) is 0 Å². The molecule has 1 aliphatic rings. The second-order valence-electron chi connectivity index (χ2n) is 4.96. The molecule has 1 unspecified atom stereocenters. The van der Waals surface area contributed by atoms with Crippen molar-refractivity contribution in [2.45, 2.75) is 42.8 Å². The van der Waals surface area contributed by atoms with Crippen LogP contribution in [0, 0.1) is 0 Å². The molecule has 15 heavy (non-hydrogen) atoms. The van der Waals surface area contributed by atoms with E-state index >= 15 is 0 Å². The highest BCUT2D eigenvalue weighted by molar-refractivity contribution is 8.00. The van der Waals surface area contributed by atoms with Crippen LogP contribution in [0.5, 0.6) is 0 Å². The van der Waals surface area contributed by atoms with Gasteiger partial charge in [0.15, 0.2) is 0 Å². The van der Waals surface area contributed by atoms with Crippen LogP contribution in [0.3, 0.4) is 0 Å². The molecule has 1 aliphatic heterocycles. The average molecular weight is 222 g/mol. The molecule has 0 amide bonds. The predicted molar refractivity (Wildman–Crippen MR) is 65.6 cm³/mol. The minimum Gasteiger partial charge on any atom is -0.395 e. The number of hydrogen-bond acceptors (Lipinski definition) is 2. The second kappa shape index (κ2) is 3.84. The molecule has 2 heteroatoms. The van der Waals surface area contributed by atoms with E-state index in [2.05, 4.69) is 39.0 Å². The van der Waals surface area contributed by atoms with Gasteiger partial charge in [0.05, 0.1) is 6.61 Å². The van der Waals surface area contributed by atoms with Gasteiger partial charge < -0.3 is 5.11 Å². The van der Waals surface area contributed by atoms with Gasteiger partial charge in [-0.25, -0.2) is 0 Å². The first-order valence-corrected chi connectivity index (χ1v) is 6.32. The van der Waals surface area contributed by atoms with Gasteiger partial charge in [-0.15, -0.1) is 11.8 Å². The SMILES string of the molecule is CC1Cc2c(cccc2C(C)(C)CO)S1. The highest BCUT2D eigenvalue weighted by atomic mass is 32.2. The zero-order valence-electron chi connectivity index (χ0n) is 9.58. The van der Waals surface area contributed by atoms with Crippen molar-refractivity contribution in [3.05, 3.63) is 29.3 Å². The monoisotopic (exact) mass is 222 g/mol. The lowest BCUT2D eigenvalue weighted by Crippen LogP contribution is -2.23. The lowest BCUT2D eigenvalue weighted by molar-refractivity contribution is 0.217. The molecular weight excluding hydrogens is 204 g/mol. The normalized spacial score (nSPS) is 20.4. The Kier molecular flexibility index (Phi) is 2.82. The maximum atomic E-state index is 9.44. The van der Waals surface area contributed by atoms with Gasteiger partial charge in [0.25, 0.3) is 0 Å². The van der Waals surface area contributed by atoms with Crippen molar-refractivity contribution < 1.29 is 5.11 Å². The van der Waals surface area contributed by atoms with Crippen LogP contribution in [0.4, 0.5) is 0 Å². The number of aliphatic hydroxyl groups is 1. The minimum atomic E-state index is -0.115. The second-order valence-corrected chi connectivity index (χ2v) is 6.44. The molecule has 1 heterocycles. The van der Waals surface area contributed by atoms with Crippen LogP contribution in [0.2, 0.25) is 0 Å². The molecule has 1 aromatic carbocycles. The van der Waals surface area contributed by atoms with Crippen LogP contribution in [0.25, 0.3) is 0 Å². The van der Waals surface area contributed by atoms with E-state index in [0.29, 0.717) is 5.25 Å². The van der Waals surface area contributed by atoms with Crippen molar-refractivity contribution in [3.63, 3.8) is 0 Å². The first-order chi connectivity index (χ1) is 7.04. The molecule has 1 nitrogen and oxygen atoms in total. The standard InChI is InChI=1S/C13H18OS/c1-9-7-10-11(13(2,3)8-14)5-4-6-12(10)15-9/h4-6,9,14H,7-8H2,1-3H3.